The minimum absolute atomic E-state index is 0.0286. The number of carbonyl (C=O) groups is 2. The first-order valence-corrected chi connectivity index (χ1v) is 10.6. The molecule has 0 saturated carbocycles. The number of nitrogens with one attached hydrogen (secondary N) is 2. The molecular weight excluding hydrogens is 437 g/mol. The average Bonchev–Trinajstić information content (AvgIpc) is 3.23. The molecule has 0 bridgehead atoms. The van der Waals surface area contributed by atoms with Crippen molar-refractivity contribution in [2.75, 3.05) is 17.2 Å². The molecule has 0 spiro atoms. The Labute approximate surface area is 195 Å². The zero-order chi connectivity index (χ0) is 24.1. The van der Waals surface area contributed by atoms with E-state index in [2.05, 4.69) is 20.7 Å². The van der Waals surface area contributed by atoms with E-state index in [0.717, 1.165) is 5.75 Å². The standard InChI is InChI=1S/C25H22FN5O3/c1-3-34-22-14-10-20(11-15-22)28-24(32)17-4-8-19(9-5-17)29-25(33)23-27-16(2)31(30-23)21-12-6-18(26)7-13-21/h4-15H,3H2,1-2H3,(H,28,32)(H,29,33). The first-order chi connectivity index (χ1) is 16.4. The Kier molecular flexibility index (Phi) is 6.63. The van der Waals surface area contributed by atoms with Gasteiger partial charge in [-0.2, -0.15) is 0 Å². The van der Waals surface area contributed by atoms with Crippen molar-refractivity contribution >= 4 is 23.2 Å². The Morgan fingerprint density at radius 2 is 1.47 bits per heavy atom. The van der Waals surface area contributed by atoms with Crippen molar-refractivity contribution in [2.45, 2.75) is 13.8 Å². The molecule has 34 heavy (non-hydrogen) atoms. The number of amides is 2. The minimum atomic E-state index is -0.504. The third-order valence-electron chi connectivity index (χ3n) is 4.87. The predicted octanol–water partition coefficient (Wildman–Crippen LogP) is 4.62. The van der Waals surface area contributed by atoms with Crippen molar-refractivity contribution in [1.29, 1.82) is 0 Å². The summed E-state index contributed by atoms with van der Waals surface area (Å²) in [5.74, 6) is 0.0361. The lowest BCUT2D eigenvalue weighted by atomic mass is 10.2. The van der Waals surface area contributed by atoms with E-state index in [0.29, 0.717) is 35.1 Å². The molecule has 0 aliphatic rings. The van der Waals surface area contributed by atoms with Gasteiger partial charge in [0.2, 0.25) is 5.82 Å². The molecule has 8 nitrogen and oxygen atoms in total. The van der Waals surface area contributed by atoms with Gasteiger partial charge in [-0.3, -0.25) is 9.59 Å². The number of ether oxygens (including phenoxy) is 1. The molecule has 0 saturated heterocycles. The quantitative estimate of drug-likeness (QED) is 0.420. The van der Waals surface area contributed by atoms with Crippen LogP contribution < -0.4 is 15.4 Å². The summed E-state index contributed by atoms with van der Waals surface area (Å²) in [4.78, 5) is 29.3. The fraction of sp³-hybridized carbons (Fsp3) is 0.120. The van der Waals surface area contributed by atoms with Crippen molar-refractivity contribution in [3.8, 4) is 11.4 Å². The normalized spacial score (nSPS) is 10.6. The zero-order valence-corrected chi connectivity index (χ0v) is 18.6. The van der Waals surface area contributed by atoms with Crippen LogP contribution in [0.3, 0.4) is 0 Å². The lowest BCUT2D eigenvalue weighted by Crippen LogP contribution is -2.15. The van der Waals surface area contributed by atoms with Gasteiger partial charge in [-0.15, -0.1) is 5.10 Å². The summed E-state index contributed by atoms with van der Waals surface area (Å²) in [7, 11) is 0. The van der Waals surface area contributed by atoms with E-state index >= 15 is 0 Å². The summed E-state index contributed by atoms with van der Waals surface area (Å²) in [5, 5.41) is 9.74. The maximum Gasteiger partial charge on any atom is 0.295 e. The number of hydrogen-bond donors (Lipinski definition) is 2. The first-order valence-electron chi connectivity index (χ1n) is 10.6. The molecule has 172 valence electrons. The number of rotatable bonds is 7. The van der Waals surface area contributed by atoms with Gasteiger partial charge in [-0.1, -0.05) is 0 Å². The largest absolute Gasteiger partial charge is 0.494 e. The van der Waals surface area contributed by atoms with Gasteiger partial charge in [0.05, 0.1) is 12.3 Å². The van der Waals surface area contributed by atoms with Gasteiger partial charge in [-0.25, -0.2) is 14.1 Å². The van der Waals surface area contributed by atoms with Gasteiger partial charge in [0.25, 0.3) is 11.8 Å². The van der Waals surface area contributed by atoms with Gasteiger partial charge in [0.15, 0.2) is 0 Å². The second kappa shape index (κ2) is 9.95. The van der Waals surface area contributed by atoms with Crippen molar-refractivity contribution in [2.24, 2.45) is 0 Å². The minimum Gasteiger partial charge on any atom is -0.494 e. The highest BCUT2D eigenvalue weighted by atomic mass is 19.1. The van der Waals surface area contributed by atoms with Gasteiger partial charge in [-0.05, 0) is 86.6 Å². The van der Waals surface area contributed by atoms with E-state index in [4.69, 9.17) is 4.74 Å². The van der Waals surface area contributed by atoms with Crippen molar-refractivity contribution in [1.82, 2.24) is 14.8 Å². The van der Waals surface area contributed by atoms with Crippen LogP contribution in [0.5, 0.6) is 5.75 Å². The van der Waals surface area contributed by atoms with Crippen LogP contribution in [0.15, 0.2) is 72.8 Å². The summed E-state index contributed by atoms with van der Waals surface area (Å²) < 4.78 is 20.0. The van der Waals surface area contributed by atoms with Gasteiger partial charge in [0, 0.05) is 16.9 Å². The highest BCUT2D eigenvalue weighted by molar-refractivity contribution is 6.05. The van der Waals surface area contributed by atoms with Crippen LogP contribution in [-0.4, -0.2) is 33.2 Å². The third kappa shape index (κ3) is 5.26. The molecule has 0 radical (unpaired) electrons. The number of aromatic nitrogens is 3. The average molecular weight is 459 g/mol. The van der Waals surface area contributed by atoms with E-state index in [1.807, 2.05) is 6.92 Å². The van der Waals surface area contributed by atoms with Crippen LogP contribution in [0.2, 0.25) is 0 Å². The number of anilines is 2. The number of aryl methyl sites for hydroxylation is 1. The van der Waals surface area contributed by atoms with Crippen LogP contribution >= 0.6 is 0 Å². The highest BCUT2D eigenvalue weighted by Gasteiger charge is 2.16. The monoisotopic (exact) mass is 459 g/mol. The number of carbonyl (C=O) groups excluding carboxylic acids is 2. The third-order valence-corrected chi connectivity index (χ3v) is 4.87. The molecule has 0 unspecified atom stereocenters. The van der Waals surface area contributed by atoms with E-state index in [9.17, 15) is 14.0 Å². The van der Waals surface area contributed by atoms with E-state index in [1.54, 1.807) is 67.6 Å². The molecule has 3 aromatic carbocycles. The summed E-state index contributed by atoms with van der Waals surface area (Å²) in [6.07, 6.45) is 0. The van der Waals surface area contributed by atoms with Crippen LogP contribution in [-0.2, 0) is 0 Å². The Morgan fingerprint density at radius 1 is 0.882 bits per heavy atom. The fourth-order valence-electron chi connectivity index (χ4n) is 3.21. The molecule has 0 aliphatic heterocycles. The van der Waals surface area contributed by atoms with E-state index in [-0.39, 0.29) is 17.5 Å². The zero-order valence-electron chi connectivity index (χ0n) is 18.6. The molecule has 2 N–H and O–H groups in total. The molecule has 1 heterocycles. The predicted molar refractivity (Wildman–Crippen MR) is 126 cm³/mol. The van der Waals surface area contributed by atoms with Crippen molar-refractivity contribution in [3.63, 3.8) is 0 Å². The molecule has 4 aromatic rings. The van der Waals surface area contributed by atoms with Gasteiger partial charge < -0.3 is 15.4 Å². The van der Waals surface area contributed by atoms with E-state index in [1.165, 1.54) is 16.8 Å². The summed E-state index contributed by atoms with van der Waals surface area (Å²) in [5.41, 5.74) is 2.15. The van der Waals surface area contributed by atoms with Gasteiger partial charge in [0.1, 0.15) is 17.4 Å². The lowest BCUT2D eigenvalue weighted by molar-refractivity contribution is 0.101. The van der Waals surface area contributed by atoms with Crippen LogP contribution in [0.25, 0.3) is 5.69 Å². The van der Waals surface area contributed by atoms with Crippen LogP contribution in [0, 0.1) is 12.7 Å². The number of halogens is 1. The highest BCUT2D eigenvalue weighted by Crippen LogP contribution is 2.18. The maximum atomic E-state index is 13.2. The Balaban J connectivity index is 1.39. The Hall–Kier alpha value is -4.53. The summed E-state index contributed by atoms with van der Waals surface area (Å²) >= 11 is 0. The number of nitrogens with zero attached hydrogens (tertiary/aromatic N) is 3. The molecule has 0 fully saturated rings. The van der Waals surface area contributed by atoms with Crippen molar-refractivity contribution < 1.29 is 18.7 Å². The van der Waals surface area contributed by atoms with Crippen LogP contribution in [0.4, 0.5) is 15.8 Å². The smallest absolute Gasteiger partial charge is 0.295 e. The van der Waals surface area contributed by atoms with Crippen LogP contribution in [0.1, 0.15) is 33.7 Å². The molecule has 0 atom stereocenters. The lowest BCUT2D eigenvalue weighted by Gasteiger charge is -2.08. The molecule has 2 amide bonds. The Bertz CT molecular complexity index is 1300. The Morgan fingerprint density at radius 3 is 2.09 bits per heavy atom. The SMILES string of the molecule is CCOc1ccc(NC(=O)c2ccc(NC(=O)c3nc(C)n(-c4ccc(F)cc4)n3)cc2)cc1. The summed E-state index contributed by atoms with van der Waals surface area (Å²) in [6.45, 7) is 4.17. The first kappa shape index (κ1) is 22.7. The molecule has 0 aliphatic carbocycles. The van der Waals surface area contributed by atoms with Gasteiger partial charge >= 0.3 is 0 Å². The summed E-state index contributed by atoms with van der Waals surface area (Å²) in [6, 6.07) is 19.3. The topological polar surface area (TPSA) is 98.1 Å². The van der Waals surface area contributed by atoms with E-state index < -0.39 is 5.91 Å². The maximum absolute atomic E-state index is 13.2. The fourth-order valence-corrected chi connectivity index (χ4v) is 3.21. The van der Waals surface area contributed by atoms with Crippen molar-refractivity contribution in [3.05, 3.63) is 95.8 Å². The number of benzene rings is 3. The molecule has 9 heteroatoms. The number of hydrogen-bond acceptors (Lipinski definition) is 5. The molecule has 1 aromatic heterocycles. The second-order valence-corrected chi connectivity index (χ2v) is 7.31. The second-order valence-electron chi connectivity index (χ2n) is 7.31. The molecule has 4 rings (SSSR count). The molecular formula is C25H22FN5O3.